The van der Waals surface area contributed by atoms with Crippen molar-refractivity contribution in [2.75, 3.05) is 6.61 Å². The van der Waals surface area contributed by atoms with Gasteiger partial charge >= 0.3 is 0 Å². The SMILES string of the molecule is Oc1c(F)cc(OCC=C(Br)Br)cc1F. The van der Waals surface area contributed by atoms with Gasteiger partial charge in [-0.3, -0.25) is 0 Å². The van der Waals surface area contributed by atoms with Crippen molar-refractivity contribution in [3.05, 3.63) is 33.2 Å². The third-order valence-electron chi connectivity index (χ3n) is 1.48. The van der Waals surface area contributed by atoms with Gasteiger partial charge in [-0.15, -0.1) is 0 Å². The fourth-order valence-electron chi connectivity index (χ4n) is 0.826. The van der Waals surface area contributed by atoms with Gasteiger partial charge in [0, 0.05) is 12.1 Å². The summed E-state index contributed by atoms with van der Waals surface area (Å²) in [7, 11) is 0. The fourth-order valence-corrected chi connectivity index (χ4v) is 1.09. The number of aromatic hydroxyl groups is 1. The molecule has 0 bridgehead atoms. The second-order valence-corrected chi connectivity index (χ2v) is 5.31. The van der Waals surface area contributed by atoms with Crippen molar-refractivity contribution in [2.24, 2.45) is 0 Å². The molecule has 0 fully saturated rings. The standard InChI is InChI=1S/C9H6Br2F2O2/c10-8(11)1-2-15-5-3-6(12)9(14)7(13)4-5/h1,3-4,14H,2H2. The number of rotatable bonds is 3. The first-order valence-electron chi connectivity index (χ1n) is 3.82. The van der Waals surface area contributed by atoms with Crippen molar-refractivity contribution in [1.29, 1.82) is 0 Å². The molecule has 0 spiro atoms. The van der Waals surface area contributed by atoms with Crippen LogP contribution in [0.5, 0.6) is 11.5 Å². The molecule has 0 aliphatic carbocycles. The van der Waals surface area contributed by atoms with Crippen LogP contribution in [0.25, 0.3) is 0 Å². The van der Waals surface area contributed by atoms with Gasteiger partial charge in [0.15, 0.2) is 17.4 Å². The first kappa shape index (κ1) is 12.4. The highest BCUT2D eigenvalue weighted by Gasteiger charge is 2.09. The van der Waals surface area contributed by atoms with Gasteiger partial charge in [-0.2, -0.15) is 0 Å². The minimum atomic E-state index is -1.05. The normalized spacial score (nSPS) is 9.87. The lowest BCUT2D eigenvalue weighted by Crippen LogP contribution is -1.95. The van der Waals surface area contributed by atoms with Gasteiger partial charge in [0.1, 0.15) is 12.4 Å². The summed E-state index contributed by atoms with van der Waals surface area (Å²) in [6, 6.07) is 1.82. The van der Waals surface area contributed by atoms with Crippen molar-refractivity contribution in [3.63, 3.8) is 0 Å². The van der Waals surface area contributed by atoms with Gasteiger partial charge in [0.05, 0.1) is 3.39 Å². The number of benzene rings is 1. The largest absolute Gasteiger partial charge is 0.503 e. The van der Waals surface area contributed by atoms with Crippen LogP contribution in [0.4, 0.5) is 8.78 Å². The summed E-state index contributed by atoms with van der Waals surface area (Å²) in [5, 5.41) is 8.81. The molecule has 0 aliphatic rings. The number of hydrogen-bond donors (Lipinski definition) is 1. The second kappa shape index (κ2) is 5.46. The molecule has 0 atom stereocenters. The van der Waals surface area contributed by atoms with Gasteiger partial charge in [0.25, 0.3) is 0 Å². The van der Waals surface area contributed by atoms with Gasteiger partial charge in [-0.05, 0) is 37.9 Å². The van der Waals surface area contributed by atoms with Crippen molar-refractivity contribution < 1.29 is 18.6 Å². The minimum absolute atomic E-state index is 0.0142. The molecule has 82 valence electrons. The highest BCUT2D eigenvalue weighted by atomic mass is 79.9. The molecule has 6 heteroatoms. The predicted molar refractivity (Wildman–Crippen MR) is 59.5 cm³/mol. The number of ether oxygens (including phenoxy) is 1. The fraction of sp³-hybridized carbons (Fsp3) is 0.111. The molecular formula is C9H6Br2F2O2. The van der Waals surface area contributed by atoms with Crippen LogP contribution in [-0.4, -0.2) is 11.7 Å². The minimum Gasteiger partial charge on any atom is -0.503 e. The Labute approximate surface area is 102 Å². The Morgan fingerprint density at radius 1 is 1.33 bits per heavy atom. The molecule has 0 amide bonds. The average molecular weight is 344 g/mol. The van der Waals surface area contributed by atoms with Crippen LogP contribution in [0.15, 0.2) is 21.6 Å². The Hall–Kier alpha value is -0.620. The Morgan fingerprint density at radius 2 is 1.87 bits per heavy atom. The summed E-state index contributed by atoms with van der Waals surface area (Å²) < 4.78 is 31.3. The van der Waals surface area contributed by atoms with E-state index in [2.05, 4.69) is 31.9 Å². The summed E-state index contributed by atoms with van der Waals surface area (Å²) in [6.45, 7) is 0.148. The highest BCUT2D eigenvalue weighted by Crippen LogP contribution is 2.25. The zero-order valence-electron chi connectivity index (χ0n) is 7.31. The first-order valence-corrected chi connectivity index (χ1v) is 5.41. The topological polar surface area (TPSA) is 29.5 Å². The molecule has 0 heterocycles. The summed E-state index contributed by atoms with van der Waals surface area (Å²) in [4.78, 5) is 0. The van der Waals surface area contributed by atoms with Crippen molar-refractivity contribution in [1.82, 2.24) is 0 Å². The number of phenolic OH excluding ortho intramolecular Hbond substituents is 1. The van der Waals surface area contributed by atoms with Crippen LogP contribution in [0.2, 0.25) is 0 Å². The van der Waals surface area contributed by atoms with Crippen LogP contribution in [-0.2, 0) is 0 Å². The van der Waals surface area contributed by atoms with Crippen LogP contribution < -0.4 is 4.74 Å². The third-order valence-corrected chi connectivity index (χ3v) is 2.13. The molecule has 0 saturated heterocycles. The number of phenols is 1. The Morgan fingerprint density at radius 3 is 2.33 bits per heavy atom. The number of hydrogen-bond acceptors (Lipinski definition) is 2. The van der Waals surface area contributed by atoms with E-state index >= 15 is 0 Å². The molecule has 0 radical (unpaired) electrons. The monoisotopic (exact) mass is 342 g/mol. The van der Waals surface area contributed by atoms with Gasteiger partial charge in [-0.1, -0.05) is 0 Å². The van der Waals surface area contributed by atoms with Crippen LogP contribution in [0, 0.1) is 11.6 Å². The van der Waals surface area contributed by atoms with E-state index in [9.17, 15) is 8.78 Å². The van der Waals surface area contributed by atoms with E-state index in [1.165, 1.54) is 0 Å². The van der Waals surface area contributed by atoms with E-state index in [1.807, 2.05) is 0 Å². The average Bonchev–Trinajstić information content (AvgIpc) is 2.13. The molecule has 0 aliphatic heterocycles. The molecule has 1 N–H and O–H groups in total. The van der Waals surface area contributed by atoms with Crippen LogP contribution >= 0.6 is 31.9 Å². The van der Waals surface area contributed by atoms with Crippen molar-refractivity contribution in [2.45, 2.75) is 0 Å². The van der Waals surface area contributed by atoms with Crippen LogP contribution in [0.1, 0.15) is 0 Å². The maximum absolute atomic E-state index is 12.8. The molecule has 0 unspecified atom stereocenters. The van der Waals surface area contributed by atoms with E-state index in [1.54, 1.807) is 6.08 Å². The van der Waals surface area contributed by atoms with Crippen molar-refractivity contribution in [3.8, 4) is 11.5 Å². The van der Waals surface area contributed by atoms with Crippen molar-refractivity contribution >= 4 is 31.9 Å². The maximum atomic E-state index is 12.8. The lowest BCUT2D eigenvalue weighted by atomic mass is 10.3. The first-order chi connectivity index (χ1) is 7.00. The molecule has 1 aromatic rings. The zero-order chi connectivity index (χ0) is 11.4. The van der Waals surface area contributed by atoms with Gasteiger partial charge in [-0.25, -0.2) is 8.78 Å². The molecule has 1 aromatic carbocycles. The lowest BCUT2D eigenvalue weighted by molar-refractivity contribution is 0.347. The van der Waals surface area contributed by atoms with E-state index in [4.69, 9.17) is 9.84 Å². The lowest BCUT2D eigenvalue weighted by Gasteiger charge is -2.04. The Kier molecular flexibility index (Phi) is 4.53. The van der Waals surface area contributed by atoms with E-state index in [-0.39, 0.29) is 12.4 Å². The molecule has 1 rings (SSSR count). The van der Waals surface area contributed by atoms with E-state index in [0.717, 1.165) is 12.1 Å². The molecule has 0 saturated carbocycles. The number of halogens is 4. The smallest absolute Gasteiger partial charge is 0.188 e. The van der Waals surface area contributed by atoms with Gasteiger partial charge in [0.2, 0.25) is 0 Å². The second-order valence-electron chi connectivity index (χ2n) is 2.54. The Balaban J connectivity index is 2.75. The maximum Gasteiger partial charge on any atom is 0.188 e. The van der Waals surface area contributed by atoms with E-state index in [0.29, 0.717) is 3.39 Å². The summed E-state index contributed by atoms with van der Waals surface area (Å²) in [5.74, 6) is -3.08. The molecular weight excluding hydrogens is 338 g/mol. The quantitative estimate of drug-likeness (QED) is 0.907. The molecule has 0 aromatic heterocycles. The third kappa shape index (κ3) is 3.79. The zero-order valence-corrected chi connectivity index (χ0v) is 10.5. The Bertz CT molecular complexity index is 367. The van der Waals surface area contributed by atoms with Gasteiger partial charge < -0.3 is 9.84 Å². The molecule has 2 nitrogen and oxygen atoms in total. The van der Waals surface area contributed by atoms with E-state index < -0.39 is 17.4 Å². The summed E-state index contributed by atoms with van der Waals surface area (Å²) in [6.07, 6.45) is 1.61. The summed E-state index contributed by atoms with van der Waals surface area (Å²) >= 11 is 6.20. The highest BCUT2D eigenvalue weighted by molar-refractivity contribution is 9.28. The predicted octanol–water partition coefficient (Wildman–Crippen LogP) is 3.68. The molecule has 15 heavy (non-hydrogen) atoms. The van der Waals surface area contributed by atoms with Crippen LogP contribution in [0.3, 0.4) is 0 Å². The summed E-state index contributed by atoms with van der Waals surface area (Å²) in [5.41, 5.74) is 0.